The number of hydrogen-bond acceptors (Lipinski definition) is 3. The highest BCUT2D eigenvalue weighted by atomic mass is 35.5. The number of aryl methyl sites for hydroxylation is 2. The molecule has 106 valence electrons. The molecule has 1 saturated carbocycles. The van der Waals surface area contributed by atoms with Gasteiger partial charge in [-0.3, -0.25) is 0 Å². The molecule has 2 rings (SSSR count). The Morgan fingerprint density at radius 3 is 2.68 bits per heavy atom. The van der Waals surface area contributed by atoms with E-state index >= 15 is 0 Å². The average Bonchev–Trinajstić information content (AvgIpc) is 2.37. The third-order valence-corrected chi connectivity index (χ3v) is 3.81. The summed E-state index contributed by atoms with van der Waals surface area (Å²) in [4.78, 5) is 0. The highest BCUT2D eigenvalue weighted by Crippen LogP contribution is 2.34. The largest absolute Gasteiger partial charge is 0.487 e. The lowest BCUT2D eigenvalue weighted by Crippen LogP contribution is -2.53. The number of methoxy groups -OCH3 is 1. The Kier molecular flexibility index (Phi) is 5.08. The average molecular weight is 285 g/mol. The van der Waals surface area contributed by atoms with Crippen LogP contribution in [-0.4, -0.2) is 37.9 Å². The van der Waals surface area contributed by atoms with E-state index in [1.165, 1.54) is 5.56 Å². The van der Waals surface area contributed by atoms with Gasteiger partial charge in [0.05, 0.1) is 18.6 Å². The fourth-order valence-electron chi connectivity index (χ4n) is 2.22. The van der Waals surface area contributed by atoms with Crippen molar-refractivity contribution in [2.75, 3.05) is 20.3 Å². The first-order valence-corrected chi connectivity index (χ1v) is 7.04. The maximum absolute atomic E-state index is 6.17. The van der Waals surface area contributed by atoms with E-state index in [4.69, 9.17) is 25.8 Å². The van der Waals surface area contributed by atoms with Crippen LogP contribution in [0.4, 0.5) is 0 Å². The van der Waals surface area contributed by atoms with E-state index in [9.17, 15) is 0 Å². The Morgan fingerprint density at radius 2 is 2.05 bits per heavy atom. The van der Waals surface area contributed by atoms with Crippen LogP contribution in [0.5, 0.6) is 5.75 Å². The Morgan fingerprint density at radius 1 is 1.26 bits per heavy atom. The molecule has 3 unspecified atom stereocenters. The fraction of sp³-hybridized carbons (Fsp3) is 0.600. The van der Waals surface area contributed by atoms with E-state index in [1.54, 1.807) is 7.11 Å². The standard InChI is InChI=1S/C15H21ClO3/c1-10-4-5-13(11(2)8-10)19-14-9-12(16)15(14)18-7-6-17-3/h4-5,8,12,14-15H,6-7,9H2,1-3H3. The molecule has 0 heterocycles. The van der Waals surface area contributed by atoms with Crippen molar-refractivity contribution < 1.29 is 14.2 Å². The Hall–Kier alpha value is -0.770. The van der Waals surface area contributed by atoms with E-state index in [0.717, 1.165) is 17.7 Å². The van der Waals surface area contributed by atoms with Gasteiger partial charge in [-0.25, -0.2) is 0 Å². The van der Waals surface area contributed by atoms with Gasteiger partial charge in [0.1, 0.15) is 18.0 Å². The second kappa shape index (κ2) is 6.60. The van der Waals surface area contributed by atoms with Crippen LogP contribution >= 0.6 is 11.6 Å². The zero-order valence-electron chi connectivity index (χ0n) is 11.7. The summed E-state index contributed by atoms with van der Waals surface area (Å²) in [5, 5.41) is 0.0348. The van der Waals surface area contributed by atoms with Crippen molar-refractivity contribution in [3.63, 3.8) is 0 Å². The van der Waals surface area contributed by atoms with Crippen molar-refractivity contribution in [2.24, 2.45) is 0 Å². The smallest absolute Gasteiger partial charge is 0.128 e. The van der Waals surface area contributed by atoms with Gasteiger partial charge in [-0.2, -0.15) is 0 Å². The summed E-state index contributed by atoms with van der Waals surface area (Å²) in [5.74, 6) is 0.916. The molecular formula is C15H21ClO3. The number of alkyl halides is 1. The molecule has 0 saturated heterocycles. The molecule has 0 aromatic heterocycles. The zero-order chi connectivity index (χ0) is 13.8. The molecular weight excluding hydrogens is 264 g/mol. The minimum atomic E-state index is -0.0440. The van der Waals surface area contributed by atoms with E-state index in [1.807, 2.05) is 6.07 Å². The SMILES string of the molecule is COCCOC1C(Cl)CC1Oc1ccc(C)cc1C. The van der Waals surface area contributed by atoms with Gasteiger partial charge in [-0.15, -0.1) is 11.6 Å². The van der Waals surface area contributed by atoms with Crippen LogP contribution in [0.3, 0.4) is 0 Å². The summed E-state index contributed by atoms with van der Waals surface area (Å²) < 4.78 is 16.7. The number of hydrogen-bond donors (Lipinski definition) is 0. The molecule has 3 atom stereocenters. The van der Waals surface area contributed by atoms with Gasteiger partial charge in [0.25, 0.3) is 0 Å². The molecule has 0 bridgehead atoms. The molecule has 0 N–H and O–H groups in total. The van der Waals surface area contributed by atoms with Gasteiger partial charge in [-0.1, -0.05) is 17.7 Å². The van der Waals surface area contributed by atoms with Crippen molar-refractivity contribution in [1.82, 2.24) is 0 Å². The van der Waals surface area contributed by atoms with Crippen LogP contribution in [-0.2, 0) is 9.47 Å². The van der Waals surface area contributed by atoms with Gasteiger partial charge in [0, 0.05) is 13.5 Å². The predicted octanol–water partition coefficient (Wildman–Crippen LogP) is 3.09. The van der Waals surface area contributed by atoms with Gasteiger partial charge >= 0.3 is 0 Å². The van der Waals surface area contributed by atoms with Crippen LogP contribution in [0.15, 0.2) is 18.2 Å². The number of halogens is 1. The van der Waals surface area contributed by atoms with Gasteiger partial charge in [-0.05, 0) is 25.5 Å². The maximum atomic E-state index is 6.17. The van der Waals surface area contributed by atoms with E-state index in [2.05, 4.69) is 26.0 Å². The topological polar surface area (TPSA) is 27.7 Å². The van der Waals surface area contributed by atoms with Crippen molar-refractivity contribution >= 4 is 11.6 Å². The summed E-state index contributed by atoms with van der Waals surface area (Å²) in [7, 11) is 1.66. The van der Waals surface area contributed by atoms with E-state index < -0.39 is 0 Å². The number of ether oxygens (including phenoxy) is 3. The highest BCUT2D eigenvalue weighted by molar-refractivity contribution is 6.21. The molecule has 1 aliphatic rings. The normalized spacial score (nSPS) is 26.0. The van der Waals surface area contributed by atoms with Gasteiger partial charge in [0.15, 0.2) is 0 Å². The molecule has 19 heavy (non-hydrogen) atoms. The van der Waals surface area contributed by atoms with Gasteiger partial charge < -0.3 is 14.2 Å². The summed E-state index contributed by atoms with van der Waals surface area (Å²) in [6, 6.07) is 6.19. The Balaban J connectivity index is 1.91. The molecule has 1 aromatic carbocycles. The lowest BCUT2D eigenvalue weighted by Gasteiger charge is -2.40. The molecule has 1 aliphatic carbocycles. The first-order valence-electron chi connectivity index (χ1n) is 6.60. The predicted molar refractivity (Wildman–Crippen MR) is 76.2 cm³/mol. The molecule has 0 aliphatic heterocycles. The van der Waals surface area contributed by atoms with Crippen molar-refractivity contribution in [3.8, 4) is 5.75 Å². The lowest BCUT2D eigenvalue weighted by atomic mass is 9.90. The molecule has 1 fully saturated rings. The van der Waals surface area contributed by atoms with Crippen LogP contribution in [0, 0.1) is 13.8 Å². The summed E-state index contributed by atoms with van der Waals surface area (Å²) in [6.07, 6.45) is 0.824. The van der Waals surface area contributed by atoms with Crippen molar-refractivity contribution in [1.29, 1.82) is 0 Å². The Labute approximate surface area is 119 Å². The second-order valence-corrected chi connectivity index (χ2v) is 5.57. The monoisotopic (exact) mass is 284 g/mol. The molecule has 0 amide bonds. The third kappa shape index (κ3) is 3.62. The Bertz CT molecular complexity index is 422. The van der Waals surface area contributed by atoms with Crippen LogP contribution < -0.4 is 4.74 Å². The summed E-state index contributed by atoms with van der Waals surface area (Å²) >= 11 is 6.17. The van der Waals surface area contributed by atoms with Gasteiger partial charge in [0.2, 0.25) is 0 Å². The minimum absolute atomic E-state index is 0.0348. The molecule has 3 nitrogen and oxygen atoms in total. The third-order valence-electron chi connectivity index (χ3n) is 3.39. The molecule has 0 radical (unpaired) electrons. The summed E-state index contributed by atoms with van der Waals surface area (Å²) in [5.41, 5.74) is 2.38. The fourth-order valence-corrected chi connectivity index (χ4v) is 2.63. The van der Waals surface area contributed by atoms with E-state index in [-0.39, 0.29) is 17.6 Å². The van der Waals surface area contributed by atoms with Crippen molar-refractivity contribution in [2.45, 2.75) is 37.9 Å². The quantitative estimate of drug-likeness (QED) is 0.593. The summed E-state index contributed by atoms with van der Waals surface area (Å²) in [6.45, 7) is 5.26. The van der Waals surface area contributed by atoms with Crippen molar-refractivity contribution in [3.05, 3.63) is 29.3 Å². The highest BCUT2D eigenvalue weighted by Gasteiger charge is 2.42. The van der Waals surface area contributed by atoms with Crippen LogP contribution in [0.25, 0.3) is 0 Å². The van der Waals surface area contributed by atoms with E-state index in [0.29, 0.717) is 13.2 Å². The second-order valence-electron chi connectivity index (χ2n) is 5.01. The maximum Gasteiger partial charge on any atom is 0.128 e. The minimum Gasteiger partial charge on any atom is -0.487 e. The first kappa shape index (κ1) is 14.6. The lowest BCUT2D eigenvalue weighted by molar-refractivity contribution is -0.0900. The number of benzene rings is 1. The molecule has 4 heteroatoms. The molecule has 0 spiro atoms. The van der Waals surface area contributed by atoms with Crippen LogP contribution in [0.1, 0.15) is 17.5 Å². The molecule has 1 aromatic rings. The van der Waals surface area contributed by atoms with Crippen LogP contribution in [0.2, 0.25) is 0 Å². The zero-order valence-corrected chi connectivity index (χ0v) is 12.4. The number of rotatable bonds is 6. The first-order chi connectivity index (χ1) is 9.11.